The Labute approximate surface area is 124 Å². The van der Waals surface area contributed by atoms with Crippen LogP contribution in [0.4, 0.5) is 0 Å². The Bertz CT molecular complexity index is 541. The van der Waals surface area contributed by atoms with Crippen molar-refractivity contribution in [3.63, 3.8) is 0 Å². The molecule has 2 rings (SSSR count). The molecule has 0 saturated carbocycles. The number of oxime groups is 1. The predicted molar refractivity (Wildman–Crippen MR) is 82.7 cm³/mol. The fourth-order valence-electron chi connectivity index (χ4n) is 1.83. The molecule has 2 N–H and O–H groups in total. The molecule has 0 bridgehead atoms. The highest BCUT2D eigenvalue weighted by Gasteiger charge is 2.08. The Morgan fingerprint density at radius 3 is 1.81 bits per heavy atom. The van der Waals surface area contributed by atoms with E-state index in [0.717, 1.165) is 24.0 Å². The molecule has 0 aliphatic carbocycles. The van der Waals surface area contributed by atoms with Crippen LogP contribution in [0.3, 0.4) is 0 Å². The van der Waals surface area contributed by atoms with Gasteiger partial charge >= 0.3 is 0 Å². The first-order chi connectivity index (χ1) is 10.2. The molecule has 0 radical (unpaired) electrons. The molecule has 4 heteroatoms. The molecule has 21 heavy (non-hydrogen) atoms. The lowest BCUT2D eigenvalue weighted by Crippen LogP contribution is -2.04. The fraction of sp³-hybridized carbons (Fsp3) is 0.235. The van der Waals surface area contributed by atoms with Crippen LogP contribution in [0.25, 0.3) is 0 Å². The Hall–Kier alpha value is -2.49. The van der Waals surface area contributed by atoms with Crippen LogP contribution in [0.5, 0.6) is 11.5 Å². The van der Waals surface area contributed by atoms with Crippen LogP contribution in [0.2, 0.25) is 0 Å². The Morgan fingerprint density at radius 1 is 0.905 bits per heavy atom. The fourth-order valence-corrected chi connectivity index (χ4v) is 1.83. The predicted octanol–water partition coefficient (Wildman–Crippen LogP) is 3.67. The molecule has 2 aromatic carbocycles. The van der Waals surface area contributed by atoms with Crippen molar-refractivity contribution in [2.75, 3.05) is 6.61 Å². The molecular weight excluding hydrogens is 266 g/mol. The number of benzene rings is 2. The molecule has 4 nitrogen and oxygen atoms in total. The summed E-state index contributed by atoms with van der Waals surface area (Å²) in [6, 6.07) is 13.6. The van der Waals surface area contributed by atoms with E-state index in [4.69, 9.17) is 4.84 Å². The van der Waals surface area contributed by atoms with Gasteiger partial charge in [0.25, 0.3) is 0 Å². The Kier molecular flexibility index (Phi) is 5.21. The van der Waals surface area contributed by atoms with E-state index >= 15 is 0 Å². The minimum atomic E-state index is 0.204. The molecule has 0 saturated heterocycles. The summed E-state index contributed by atoms with van der Waals surface area (Å²) in [5.41, 5.74) is 2.36. The minimum Gasteiger partial charge on any atom is -0.508 e. The summed E-state index contributed by atoms with van der Waals surface area (Å²) in [5, 5.41) is 23.0. The number of nitrogens with zero attached hydrogens (tertiary/aromatic N) is 1. The van der Waals surface area contributed by atoms with Crippen LogP contribution < -0.4 is 0 Å². The first-order valence-electron chi connectivity index (χ1n) is 6.99. The zero-order valence-corrected chi connectivity index (χ0v) is 12.0. The van der Waals surface area contributed by atoms with Gasteiger partial charge in [0.1, 0.15) is 23.8 Å². The van der Waals surface area contributed by atoms with Gasteiger partial charge in [0, 0.05) is 11.1 Å². The third kappa shape index (κ3) is 4.24. The molecule has 110 valence electrons. The number of hydrogen-bond donors (Lipinski definition) is 2. The van der Waals surface area contributed by atoms with Crippen LogP contribution in [-0.4, -0.2) is 22.5 Å². The van der Waals surface area contributed by atoms with Crippen molar-refractivity contribution in [3.8, 4) is 11.5 Å². The quantitative estimate of drug-likeness (QED) is 0.483. The van der Waals surface area contributed by atoms with E-state index in [2.05, 4.69) is 12.1 Å². The largest absolute Gasteiger partial charge is 0.508 e. The maximum atomic E-state index is 9.39. The molecule has 0 aliphatic rings. The molecule has 0 atom stereocenters. The molecule has 2 aromatic rings. The van der Waals surface area contributed by atoms with Gasteiger partial charge in [-0.15, -0.1) is 0 Å². The first-order valence-corrected chi connectivity index (χ1v) is 6.99. The summed E-state index contributed by atoms with van der Waals surface area (Å²) in [4.78, 5) is 5.37. The van der Waals surface area contributed by atoms with Crippen molar-refractivity contribution in [1.29, 1.82) is 0 Å². The third-order valence-electron chi connectivity index (χ3n) is 3.03. The van der Waals surface area contributed by atoms with E-state index in [9.17, 15) is 10.2 Å². The molecular formula is C17H19NO3. The topological polar surface area (TPSA) is 62.0 Å². The Balaban J connectivity index is 2.29. The number of rotatable bonds is 6. The number of aromatic hydroxyl groups is 2. The minimum absolute atomic E-state index is 0.204. The van der Waals surface area contributed by atoms with E-state index in [-0.39, 0.29) is 11.5 Å². The number of unbranched alkanes of at least 4 members (excludes halogenated alkanes) is 1. The second-order valence-electron chi connectivity index (χ2n) is 4.72. The second kappa shape index (κ2) is 7.33. The third-order valence-corrected chi connectivity index (χ3v) is 3.03. The van der Waals surface area contributed by atoms with Gasteiger partial charge in [0.15, 0.2) is 0 Å². The van der Waals surface area contributed by atoms with E-state index in [1.165, 1.54) is 0 Å². The highest BCUT2D eigenvalue weighted by Crippen LogP contribution is 2.17. The maximum Gasteiger partial charge on any atom is 0.117 e. The van der Waals surface area contributed by atoms with Crippen molar-refractivity contribution in [3.05, 3.63) is 59.7 Å². The van der Waals surface area contributed by atoms with Crippen molar-refractivity contribution in [2.45, 2.75) is 19.8 Å². The van der Waals surface area contributed by atoms with Crippen molar-refractivity contribution >= 4 is 5.71 Å². The van der Waals surface area contributed by atoms with Gasteiger partial charge in [-0.05, 0) is 55.0 Å². The maximum absolute atomic E-state index is 9.39. The van der Waals surface area contributed by atoms with E-state index < -0.39 is 0 Å². The average Bonchev–Trinajstić information content (AvgIpc) is 2.50. The summed E-state index contributed by atoms with van der Waals surface area (Å²) in [7, 11) is 0. The van der Waals surface area contributed by atoms with Crippen LogP contribution in [-0.2, 0) is 4.84 Å². The standard InChI is InChI=1S/C17H19NO3/c1-2-3-12-21-18-17(13-4-8-15(19)9-5-13)14-6-10-16(20)11-7-14/h4-11,19-20H,2-3,12H2,1H3. The second-order valence-corrected chi connectivity index (χ2v) is 4.72. The average molecular weight is 285 g/mol. The monoisotopic (exact) mass is 285 g/mol. The zero-order valence-electron chi connectivity index (χ0n) is 12.0. The van der Waals surface area contributed by atoms with Crippen LogP contribution >= 0.6 is 0 Å². The molecule has 0 heterocycles. The van der Waals surface area contributed by atoms with Gasteiger partial charge in [-0.25, -0.2) is 0 Å². The molecule has 0 aliphatic heterocycles. The van der Waals surface area contributed by atoms with Crippen LogP contribution in [0.15, 0.2) is 53.7 Å². The number of phenols is 2. The van der Waals surface area contributed by atoms with Gasteiger partial charge in [0.05, 0.1) is 0 Å². The molecule has 0 fully saturated rings. The summed E-state index contributed by atoms with van der Waals surface area (Å²) >= 11 is 0. The van der Waals surface area contributed by atoms with Crippen molar-refractivity contribution < 1.29 is 15.1 Å². The number of hydrogen-bond acceptors (Lipinski definition) is 4. The highest BCUT2D eigenvalue weighted by atomic mass is 16.6. The van der Waals surface area contributed by atoms with Gasteiger partial charge in [0.2, 0.25) is 0 Å². The molecule has 0 aromatic heterocycles. The lowest BCUT2D eigenvalue weighted by atomic mass is 10.0. The first kappa shape index (κ1) is 14.9. The molecule has 0 unspecified atom stereocenters. The lowest BCUT2D eigenvalue weighted by molar-refractivity contribution is 0.141. The van der Waals surface area contributed by atoms with Crippen molar-refractivity contribution in [2.24, 2.45) is 5.16 Å². The zero-order chi connectivity index (χ0) is 15.1. The van der Waals surface area contributed by atoms with Crippen molar-refractivity contribution in [1.82, 2.24) is 0 Å². The smallest absolute Gasteiger partial charge is 0.117 e. The van der Waals surface area contributed by atoms with Gasteiger partial charge in [-0.3, -0.25) is 0 Å². The van der Waals surface area contributed by atoms with Crippen LogP contribution in [0, 0.1) is 0 Å². The van der Waals surface area contributed by atoms with E-state index in [1.807, 2.05) is 0 Å². The van der Waals surface area contributed by atoms with E-state index in [0.29, 0.717) is 12.3 Å². The lowest BCUT2D eigenvalue weighted by Gasteiger charge is -2.08. The summed E-state index contributed by atoms with van der Waals surface area (Å²) in [5.74, 6) is 0.409. The van der Waals surface area contributed by atoms with Gasteiger partial charge in [-0.1, -0.05) is 18.5 Å². The summed E-state index contributed by atoms with van der Waals surface area (Å²) in [6.45, 7) is 2.66. The SMILES string of the molecule is CCCCON=C(c1ccc(O)cc1)c1ccc(O)cc1. The van der Waals surface area contributed by atoms with Gasteiger partial charge in [-0.2, -0.15) is 0 Å². The van der Waals surface area contributed by atoms with Gasteiger partial charge < -0.3 is 15.1 Å². The molecule has 0 spiro atoms. The molecule has 0 amide bonds. The van der Waals surface area contributed by atoms with E-state index in [1.54, 1.807) is 48.5 Å². The highest BCUT2D eigenvalue weighted by molar-refractivity contribution is 6.12. The normalized spacial score (nSPS) is 10.1. The van der Waals surface area contributed by atoms with Crippen LogP contribution in [0.1, 0.15) is 30.9 Å². The summed E-state index contributed by atoms with van der Waals surface area (Å²) in [6.07, 6.45) is 1.99. The number of phenolic OH excluding ortho intramolecular Hbond substituents is 2. The Morgan fingerprint density at radius 2 is 1.38 bits per heavy atom. The summed E-state index contributed by atoms with van der Waals surface area (Å²) < 4.78 is 0.